The average molecular weight is 1090 g/mol. The van der Waals surface area contributed by atoms with Crippen LogP contribution in [0.15, 0.2) is 70.3 Å². The van der Waals surface area contributed by atoms with Crippen LogP contribution in [-0.2, 0) is 54.9 Å². The molecule has 2 heterocycles. The smallest absolute Gasteiger partial charge is 0.303 e. The van der Waals surface area contributed by atoms with Gasteiger partial charge in [0.1, 0.15) is 11.5 Å². The molecule has 2 unspecified atom stereocenters. The van der Waals surface area contributed by atoms with E-state index in [0.29, 0.717) is 54.9 Å². The number of phenols is 2. The van der Waals surface area contributed by atoms with Crippen molar-refractivity contribution in [1.29, 1.82) is 0 Å². The van der Waals surface area contributed by atoms with E-state index in [1.807, 2.05) is 24.3 Å². The van der Waals surface area contributed by atoms with E-state index >= 15 is 0 Å². The number of rotatable bonds is 9. The number of carbonyl (C=O) groups is 2. The van der Waals surface area contributed by atoms with Crippen LogP contribution in [0.3, 0.4) is 0 Å². The first-order valence-corrected chi connectivity index (χ1v) is 27.9. The molecule has 0 saturated carbocycles. The van der Waals surface area contributed by atoms with Crippen LogP contribution in [0.1, 0.15) is 210 Å². The number of aryl methyl sites for hydroxylation is 2. The van der Waals surface area contributed by atoms with Crippen molar-refractivity contribution in [2.75, 3.05) is 20.9 Å². The molecule has 79 heavy (non-hydrogen) atoms. The van der Waals surface area contributed by atoms with Gasteiger partial charge in [0.15, 0.2) is 0 Å². The highest BCUT2D eigenvalue weighted by Gasteiger charge is 2.44. The van der Waals surface area contributed by atoms with Crippen LogP contribution in [0.5, 0.6) is 23.0 Å². The first kappa shape index (κ1) is 65.0. The van der Waals surface area contributed by atoms with Crippen molar-refractivity contribution in [1.82, 2.24) is 0 Å². The first-order valence-electron chi connectivity index (χ1n) is 27.9. The van der Waals surface area contributed by atoms with E-state index in [-0.39, 0.29) is 44.8 Å². The third kappa shape index (κ3) is 14.7. The molecule has 0 bridgehead atoms. The van der Waals surface area contributed by atoms with Crippen molar-refractivity contribution in [3.63, 3.8) is 0 Å². The van der Waals surface area contributed by atoms with Gasteiger partial charge in [0, 0.05) is 70.6 Å². The molecule has 0 spiro atoms. The molecule has 434 valence electrons. The van der Waals surface area contributed by atoms with Crippen molar-refractivity contribution in [2.45, 2.75) is 235 Å². The van der Waals surface area contributed by atoms with E-state index in [1.165, 1.54) is 22.5 Å². The Morgan fingerprint density at radius 3 is 1.19 bits per heavy atom. The van der Waals surface area contributed by atoms with Gasteiger partial charge in [-0.1, -0.05) is 147 Å². The second-order valence-electron chi connectivity index (χ2n) is 27.7. The Morgan fingerprint density at radius 1 is 0.544 bits per heavy atom. The number of aliphatic carboxylic acids is 1. The Hall–Kier alpha value is -6.50. The van der Waals surface area contributed by atoms with Gasteiger partial charge in [0.05, 0.1) is 0 Å². The van der Waals surface area contributed by atoms with E-state index in [0.717, 1.165) is 44.8 Å². The molecule has 7 rings (SSSR count). The number of nitrogen functional groups attached to an aromatic ring is 1. The summed E-state index contributed by atoms with van der Waals surface area (Å²) in [7, 11) is 0. The Morgan fingerprint density at radius 2 is 0.873 bits per heavy atom. The molecule has 5 aromatic rings. The van der Waals surface area contributed by atoms with Gasteiger partial charge in [-0.15, -0.1) is 0 Å². The predicted molar refractivity (Wildman–Crippen MR) is 326 cm³/mol. The lowest BCUT2D eigenvalue weighted by molar-refractivity contribution is -0.137. The number of phenolic OH excluding ortho intramolecular Hbond substituents is 2. The van der Waals surface area contributed by atoms with Gasteiger partial charge in [0.25, 0.3) is 10.9 Å². The minimum atomic E-state index is -1.01. The first-order chi connectivity index (χ1) is 35.9. The van der Waals surface area contributed by atoms with Gasteiger partial charge in [0.2, 0.25) is 17.4 Å². The zero-order valence-electron chi connectivity index (χ0n) is 51.8. The van der Waals surface area contributed by atoms with E-state index in [1.54, 1.807) is 0 Å². The average Bonchev–Trinajstić information content (AvgIpc) is 3.64. The minimum Gasteiger partial charge on any atom is -0.507 e. The van der Waals surface area contributed by atoms with Crippen LogP contribution in [-0.4, -0.2) is 61.6 Å². The standard InChI is InChI=1S/C31H46N2O2.C17H26O3.C14H22N2.C4H2O4/c1-19(2)33-20(3)31(10,11)23-14-13-22(18-26(23)33)32-27(34)15-12-21-16-24(29(4,5)6)28(35)25(17-21)30(7,8)9;1-16(2,3)12-9-11(7-8-14(18)19)10-13(15(12)20)17(4,5)6;1-9(2)16-10(3)14(4,5)12-7-6-11(15)8-13(12)16;5-1-2(6)4(8)3(1)7/h13-14,16-20,35H,12,15H2,1-11H3,(H,32,34);9-10,20H,7-8H2,1-6H3,(H,18,19);6-10H,15H2,1-5H3;5-6H. The lowest BCUT2D eigenvalue weighted by Gasteiger charge is -2.34. The molecule has 0 aromatic heterocycles. The molecule has 1 amide bonds. The Labute approximate surface area is 472 Å². The number of aromatic hydroxyl groups is 4. The summed E-state index contributed by atoms with van der Waals surface area (Å²) in [4.78, 5) is 48.6. The number of fused-ring (bicyclic) bond motifs is 2. The van der Waals surface area contributed by atoms with Gasteiger partial charge in [-0.25, -0.2) is 0 Å². The highest BCUT2D eigenvalue weighted by molar-refractivity contribution is 5.92. The summed E-state index contributed by atoms with van der Waals surface area (Å²) in [6, 6.07) is 22.5. The fraction of sp³-hybridized carbons (Fsp3) is 0.545. The van der Waals surface area contributed by atoms with Crippen molar-refractivity contribution < 1.29 is 35.1 Å². The normalized spacial score (nSPS) is 16.6. The van der Waals surface area contributed by atoms with Crippen LogP contribution >= 0.6 is 0 Å². The lowest BCUT2D eigenvalue weighted by atomic mass is 9.78. The van der Waals surface area contributed by atoms with Crippen LogP contribution < -0.4 is 31.7 Å². The molecule has 0 saturated heterocycles. The van der Waals surface area contributed by atoms with Gasteiger partial charge in [-0.05, 0) is 145 Å². The van der Waals surface area contributed by atoms with Crippen molar-refractivity contribution in [3.05, 3.63) is 126 Å². The molecule has 13 nitrogen and oxygen atoms in total. The molecule has 8 N–H and O–H groups in total. The highest BCUT2D eigenvalue weighted by atomic mass is 16.4. The van der Waals surface area contributed by atoms with Crippen LogP contribution in [0.4, 0.5) is 22.7 Å². The number of nitrogens with two attached hydrogens (primary N) is 1. The van der Waals surface area contributed by atoms with Crippen LogP contribution in [0, 0.1) is 0 Å². The number of hydrogen-bond acceptors (Lipinski definition) is 11. The summed E-state index contributed by atoms with van der Waals surface area (Å²) < 4.78 is 0. The second kappa shape index (κ2) is 23.7. The molecule has 0 fully saturated rings. The lowest BCUT2D eigenvalue weighted by Crippen LogP contribution is -2.42. The summed E-state index contributed by atoms with van der Waals surface area (Å²) in [6.07, 6.45) is 1.62. The third-order valence-electron chi connectivity index (χ3n) is 16.0. The zero-order valence-corrected chi connectivity index (χ0v) is 51.8. The second-order valence-corrected chi connectivity index (χ2v) is 27.7. The molecule has 2 atom stereocenters. The molecule has 13 heteroatoms. The molecule has 2 aliphatic rings. The zero-order chi connectivity index (χ0) is 60.6. The molecule has 5 aromatic carbocycles. The van der Waals surface area contributed by atoms with E-state index in [2.05, 4.69) is 204 Å². The van der Waals surface area contributed by atoms with Crippen LogP contribution in [0.25, 0.3) is 0 Å². The van der Waals surface area contributed by atoms with Crippen LogP contribution in [0.2, 0.25) is 0 Å². The maximum atomic E-state index is 12.9. The maximum Gasteiger partial charge on any atom is 0.303 e. The van der Waals surface area contributed by atoms with Crippen molar-refractivity contribution >= 4 is 34.6 Å². The van der Waals surface area contributed by atoms with Gasteiger partial charge < -0.3 is 46.4 Å². The third-order valence-corrected chi connectivity index (χ3v) is 16.0. The summed E-state index contributed by atoms with van der Waals surface area (Å²) >= 11 is 0. The van der Waals surface area contributed by atoms with Gasteiger partial charge in [-0.3, -0.25) is 19.2 Å². The van der Waals surface area contributed by atoms with E-state index in [4.69, 9.17) is 21.1 Å². The maximum absolute atomic E-state index is 12.9. The summed E-state index contributed by atoms with van der Waals surface area (Å²) in [5, 5.41) is 49.9. The quantitative estimate of drug-likeness (QED) is 0.0542. The van der Waals surface area contributed by atoms with Gasteiger partial charge in [-0.2, -0.15) is 0 Å². The number of hydrogen-bond donors (Lipinski definition) is 7. The minimum absolute atomic E-state index is 0.00837. The largest absolute Gasteiger partial charge is 0.507 e. The number of benzene rings is 4. The summed E-state index contributed by atoms with van der Waals surface area (Å²) in [5.74, 6) is -1.72. The Kier molecular flexibility index (Phi) is 19.5. The molecule has 0 radical (unpaired) electrons. The van der Waals surface area contributed by atoms with Crippen molar-refractivity contribution in [2.24, 2.45) is 0 Å². The fourth-order valence-electron chi connectivity index (χ4n) is 10.8. The van der Waals surface area contributed by atoms with E-state index < -0.39 is 28.3 Å². The number of amides is 1. The molecule has 2 aliphatic heterocycles. The number of carboxylic acid groups (broad SMARTS) is 1. The number of anilines is 4. The Balaban J connectivity index is 0.000000256. The summed E-state index contributed by atoms with van der Waals surface area (Å²) in [6.45, 7) is 47.7. The van der Waals surface area contributed by atoms with E-state index in [9.17, 15) is 29.4 Å². The summed E-state index contributed by atoms with van der Waals surface area (Å²) in [5.41, 5.74) is 16.1. The Bertz CT molecular complexity index is 2970. The fourth-order valence-corrected chi connectivity index (χ4v) is 10.8. The monoisotopic (exact) mass is 1090 g/mol. The number of nitrogens with zero attached hydrogens (tertiary/aromatic N) is 2. The molecule has 0 aliphatic carbocycles. The number of carboxylic acids is 1. The molecular formula is C66H96N4O9. The predicted octanol–water partition coefficient (Wildman–Crippen LogP) is 13.3. The SMILES string of the molecule is CC(C)(C)c1cc(CCC(=O)O)cc(C(C)(C)C)c1O.CC(C)N1c2cc(N)ccc2C(C)(C)C1C.CC(C)N1c2cc(NC(=O)CCc3cc(C(C)(C)C)c(O)c(C(C)(C)C)c3)ccc2C(C)(C)C1C.O=c1c(O)c(O)c1=O. The number of carbonyl (C=O) groups excluding carboxylic acids is 1. The highest BCUT2D eigenvalue weighted by Crippen LogP contribution is 2.49. The number of nitrogens with one attached hydrogen (secondary N) is 1. The topological polar surface area (TPSA) is 214 Å². The molecular weight excluding hydrogens is 993 g/mol. The van der Waals surface area contributed by atoms with Gasteiger partial charge >= 0.3 is 5.97 Å². The van der Waals surface area contributed by atoms with Crippen molar-refractivity contribution in [3.8, 4) is 23.0 Å².